The highest BCUT2D eigenvalue weighted by Crippen LogP contribution is 2.27. The lowest BCUT2D eigenvalue weighted by molar-refractivity contribution is 0.529. The average Bonchev–Trinajstić information content (AvgIpc) is 2.50. The van der Waals surface area contributed by atoms with Crippen LogP contribution in [0.2, 0.25) is 0 Å². The van der Waals surface area contributed by atoms with Crippen LogP contribution in [0.4, 0.5) is 4.39 Å². The van der Waals surface area contributed by atoms with Crippen LogP contribution in [0.5, 0.6) is 0 Å². The Kier molecular flexibility index (Phi) is 6.67. The molecule has 2 aromatic rings. The maximum Gasteiger partial charge on any atom is 0.146 e. The minimum Gasteiger partial charge on any atom is -0.309 e. The predicted molar refractivity (Wildman–Crippen MR) is 90.1 cm³/mol. The third-order valence-electron chi connectivity index (χ3n) is 3.05. The number of hydrogen-bond acceptors (Lipinski definition) is 3. The normalized spacial score (nSPS) is 12.3. The minimum absolute atomic E-state index is 0.0124. The number of aromatic nitrogens is 1. The summed E-state index contributed by atoms with van der Waals surface area (Å²) in [5.74, 6) is 0.533. The van der Waals surface area contributed by atoms with Crippen LogP contribution in [0.1, 0.15) is 24.9 Å². The third kappa shape index (κ3) is 5.09. The van der Waals surface area contributed by atoms with Gasteiger partial charge in [0, 0.05) is 32.9 Å². The van der Waals surface area contributed by atoms with Crippen molar-refractivity contribution in [3.63, 3.8) is 0 Å². The fraction of sp³-hybridized carbons (Fsp3) is 0.312. The summed E-state index contributed by atoms with van der Waals surface area (Å²) in [6, 6.07) is 9.91. The van der Waals surface area contributed by atoms with Crippen molar-refractivity contribution in [1.29, 1.82) is 0 Å². The molecule has 0 radical (unpaired) electrons. The zero-order valence-corrected chi connectivity index (χ0v) is 14.3. The first kappa shape index (κ1) is 16.5. The van der Waals surface area contributed by atoms with Crippen molar-refractivity contribution in [3.05, 3.63) is 58.6 Å². The van der Waals surface area contributed by atoms with Gasteiger partial charge in [0.1, 0.15) is 5.82 Å². The van der Waals surface area contributed by atoms with E-state index < -0.39 is 0 Å². The summed E-state index contributed by atoms with van der Waals surface area (Å²) < 4.78 is 15.0. The highest BCUT2D eigenvalue weighted by Gasteiger charge is 2.15. The molecule has 2 nitrogen and oxygen atoms in total. The molecular formula is C16H18BrFN2S. The number of nitrogens with one attached hydrogen (secondary N) is 1. The molecule has 112 valence electrons. The molecule has 1 aromatic carbocycles. The Morgan fingerprint density at radius 2 is 2.05 bits per heavy atom. The molecule has 0 aliphatic carbocycles. The fourth-order valence-corrected chi connectivity index (χ4v) is 3.21. The summed E-state index contributed by atoms with van der Waals surface area (Å²) >= 11 is 5.15. The van der Waals surface area contributed by atoms with E-state index >= 15 is 0 Å². The Morgan fingerprint density at radius 3 is 2.71 bits per heavy atom. The summed E-state index contributed by atoms with van der Waals surface area (Å²) in [7, 11) is 0. The lowest BCUT2D eigenvalue weighted by Gasteiger charge is -2.19. The number of benzene rings is 1. The van der Waals surface area contributed by atoms with Crippen molar-refractivity contribution in [2.45, 2.75) is 24.3 Å². The highest BCUT2D eigenvalue weighted by atomic mass is 79.9. The van der Waals surface area contributed by atoms with Crippen molar-refractivity contribution in [1.82, 2.24) is 10.3 Å². The molecule has 0 amide bonds. The number of pyridine rings is 1. The molecule has 0 fully saturated rings. The molecule has 21 heavy (non-hydrogen) atoms. The third-order valence-corrected chi connectivity index (χ3v) is 4.68. The van der Waals surface area contributed by atoms with Crippen LogP contribution in [0.3, 0.4) is 0 Å². The summed E-state index contributed by atoms with van der Waals surface area (Å²) in [5.41, 5.74) is 0.683. The maximum absolute atomic E-state index is 13.9. The molecule has 1 unspecified atom stereocenters. The Labute approximate surface area is 137 Å². The van der Waals surface area contributed by atoms with E-state index in [0.717, 1.165) is 23.2 Å². The van der Waals surface area contributed by atoms with E-state index in [1.54, 1.807) is 24.0 Å². The van der Waals surface area contributed by atoms with Gasteiger partial charge in [-0.3, -0.25) is 4.98 Å². The number of nitrogens with zero attached hydrogens (tertiary/aromatic N) is 1. The molecule has 0 aliphatic heterocycles. The fourth-order valence-electron chi connectivity index (χ4n) is 1.96. The molecule has 2 rings (SSSR count). The molecule has 0 saturated carbocycles. The minimum atomic E-state index is -0.248. The van der Waals surface area contributed by atoms with Crippen LogP contribution in [-0.4, -0.2) is 17.3 Å². The summed E-state index contributed by atoms with van der Waals surface area (Å²) in [5, 5.41) is 3.41. The Hall–Kier alpha value is -0.910. The van der Waals surface area contributed by atoms with E-state index in [-0.39, 0.29) is 11.9 Å². The van der Waals surface area contributed by atoms with E-state index in [1.165, 1.54) is 11.1 Å². The molecule has 0 aliphatic rings. The highest BCUT2D eigenvalue weighted by molar-refractivity contribution is 9.10. The van der Waals surface area contributed by atoms with Gasteiger partial charge in [-0.25, -0.2) is 4.39 Å². The van der Waals surface area contributed by atoms with Crippen LogP contribution < -0.4 is 5.32 Å². The van der Waals surface area contributed by atoms with Gasteiger partial charge in [0.25, 0.3) is 0 Å². The number of thioether (sulfide) groups is 1. The van der Waals surface area contributed by atoms with Gasteiger partial charge in [0.2, 0.25) is 0 Å². The monoisotopic (exact) mass is 368 g/mol. The van der Waals surface area contributed by atoms with Gasteiger partial charge in [-0.2, -0.15) is 0 Å². The van der Waals surface area contributed by atoms with Crippen LogP contribution in [0.25, 0.3) is 0 Å². The molecule has 0 spiro atoms. The van der Waals surface area contributed by atoms with Crippen LogP contribution in [0.15, 0.2) is 52.1 Å². The van der Waals surface area contributed by atoms with Gasteiger partial charge in [0.15, 0.2) is 0 Å². The first-order chi connectivity index (χ1) is 10.2. The van der Waals surface area contributed by atoms with Gasteiger partial charge < -0.3 is 5.32 Å². The van der Waals surface area contributed by atoms with E-state index in [9.17, 15) is 4.39 Å². The number of rotatable bonds is 7. The van der Waals surface area contributed by atoms with Crippen molar-refractivity contribution in [3.8, 4) is 0 Å². The zero-order valence-electron chi connectivity index (χ0n) is 11.9. The van der Waals surface area contributed by atoms with Crippen LogP contribution >= 0.6 is 27.7 Å². The predicted octanol–water partition coefficient (Wildman–Crippen LogP) is 4.82. The molecule has 1 atom stereocenters. The van der Waals surface area contributed by atoms with Crippen molar-refractivity contribution >= 4 is 27.7 Å². The Morgan fingerprint density at radius 1 is 1.29 bits per heavy atom. The van der Waals surface area contributed by atoms with E-state index in [0.29, 0.717) is 5.56 Å². The van der Waals surface area contributed by atoms with Crippen LogP contribution in [0, 0.1) is 5.82 Å². The first-order valence-electron chi connectivity index (χ1n) is 6.92. The molecule has 0 saturated heterocycles. The number of halogens is 2. The van der Waals surface area contributed by atoms with Crippen molar-refractivity contribution in [2.24, 2.45) is 0 Å². The zero-order chi connectivity index (χ0) is 15.1. The smallest absolute Gasteiger partial charge is 0.146 e. The van der Waals surface area contributed by atoms with E-state index in [2.05, 4.69) is 45.3 Å². The van der Waals surface area contributed by atoms with E-state index in [4.69, 9.17) is 0 Å². The topological polar surface area (TPSA) is 24.9 Å². The SMILES string of the molecule is CCCNC(CSc1ccc(Br)cc1)c1ccncc1F. The molecule has 1 aromatic heterocycles. The van der Waals surface area contributed by atoms with Gasteiger partial charge in [-0.15, -0.1) is 11.8 Å². The standard InChI is InChI=1S/C16H18BrFN2S/c1-2-8-20-16(14-7-9-19-10-15(14)18)11-21-13-5-3-12(17)4-6-13/h3-7,9-10,16,20H,2,8,11H2,1H3. The van der Waals surface area contributed by atoms with Crippen LogP contribution in [-0.2, 0) is 0 Å². The molecule has 0 bridgehead atoms. The van der Waals surface area contributed by atoms with Gasteiger partial charge in [-0.1, -0.05) is 22.9 Å². The molecule has 5 heteroatoms. The molecular weight excluding hydrogens is 351 g/mol. The molecule has 1 N–H and O–H groups in total. The second-order valence-corrected chi connectivity index (χ2v) is 6.68. The van der Waals surface area contributed by atoms with Gasteiger partial charge in [0.05, 0.1) is 6.20 Å². The Bertz CT molecular complexity index is 562. The quantitative estimate of drug-likeness (QED) is 0.709. The largest absolute Gasteiger partial charge is 0.309 e. The number of hydrogen-bond donors (Lipinski definition) is 1. The summed E-state index contributed by atoms with van der Waals surface area (Å²) in [4.78, 5) is 5.00. The summed E-state index contributed by atoms with van der Waals surface area (Å²) in [6.45, 7) is 2.97. The first-order valence-corrected chi connectivity index (χ1v) is 8.69. The lowest BCUT2D eigenvalue weighted by Crippen LogP contribution is -2.25. The second kappa shape index (κ2) is 8.51. The summed E-state index contributed by atoms with van der Waals surface area (Å²) in [6.07, 6.45) is 3.94. The average molecular weight is 369 g/mol. The lowest BCUT2D eigenvalue weighted by atomic mass is 10.1. The second-order valence-electron chi connectivity index (χ2n) is 4.67. The van der Waals surface area contributed by atoms with Crippen molar-refractivity contribution < 1.29 is 4.39 Å². The van der Waals surface area contributed by atoms with Crippen molar-refractivity contribution in [2.75, 3.05) is 12.3 Å². The maximum atomic E-state index is 13.9. The van der Waals surface area contributed by atoms with Gasteiger partial charge in [-0.05, 0) is 43.3 Å². The van der Waals surface area contributed by atoms with E-state index in [1.807, 2.05) is 12.1 Å². The molecule has 1 heterocycles. The van der Waals surface area contributed by atoms with Gasteiger partial charge >= 0.3 is 0 Å². The Balaban J connectivity index is 2.06.